The maximum absolute atomic E-state index is 9.30. The van der Waals surface area contributed by atoms with Crippen molar-refractivity contribution in [1.82, 2.24) is 0 Å². The van der Waals surface area contributed by atoms with Crippen molar-refractivity contribution in [2.24, 2.45) is 7.05 Å². The Balaban J connectivity index is 1.89. The number of aromatic nitrogens is 1. The average Bonchev–Trinajstić information content (AvgIpc) is 3.14. The van der Waals surface area contributed by atoms with Crippen LogP contribution in [0.4, 0.5) is 5.69 Å². The van der Waals surface area contributed by atoms with E-state index in [0.717, 1.165) is 76.4 Å². The molecular formula is C28H29N2O+. The van der Waals surface area contributed by atoms with E-state index in [2.05, 4.69) is 61.5 Å². The lowest BCUT2D eigenvalue weighted by atomic mass is 9.82. The second kappa shape index (κ2) is 7.54. The Morgan fingerprint density at radius 3 is 2.45 bits per heavy atom. The van der Waals surface area contributed by atoms with E-state index in [1.807, 2.05) is 12.1 Å². The second-order valence-electron chi connectivity index (χ2n) is 8.97. The van der Waals surface area contributed by atoms with Gasteiger partial charge in [0, 0.05) is 36.8 Å². The lowest BCUT2D eigenvalue weighted by Gasteiger charge is -2.23. The highest BCUT2D eigenvalue weighted by molar-refractivity contribution is 6.11. The number of hydrogen-bond acceptors (Lipinski definition) is 1. The number of nitrogens with zero attached hydrogens (tertiary/aromatic N) is 2. The molecule has 0 saturated heterocycles. The zero-order valence-electron chi connectivity index (χ0n) is 19.8. The Bertz CT molecular complexity index is 1420. The largest absolute Gasteiger partial charge is 0.456 e. The molecule has 0 unspecified atom stereocenters. The highest BCUT2D eigenvalue weighted by Gasteiger charge is 2.27. The first-order valence-corrected chi connectivity index (χ1v) is 11.2. The summed E-state index contributed by atoms with van der Waals surface area (Å²) >= 11 is 0. The van der Waals surface area contributed by atoms with Crippen LogP contribution in [0.3, 0.4) is 0 Å². The Hall–Kier alpha value is -3.12. The molecular weight excluding hydrogens is 380 g/mol. The van der Waals surface area contributed by atoms with E-state index in [1.54, 1.807) is 0 Å². The monoisotopic (exact) mass is 410 g/mol. The van der Waals surface area contributed by atoms with Crippen molar-refractivity contribution in [3.63, 3.8) is 0 Å². The number of rotatable bonds is 2. The summed E-state index contributed by atoms with van der Waals surface area (Å²) in [5, 5.41) is 2.06. The van der Waals surface area contributed by atoms with Crippen molar-refractivity contribution >= 4 is 27.6 Å². The van der Waals surface area contributed by atoms with Gasteiger partial charge in [-0.15, -0.1) is 0 Å². The fourth-order valence-corrected chi connectivity index (χ4v) is 5.18. The zero-order chi connectivity index (χ0) is 22.6. The van der Waals surface area contributed by atoms with Crippen LogP contribution in [-0.4, -0.2) is 0 Å². The molecule has 0 aliphatic heterocycles. The smallest absolute Gasteiger partial charge is 0.216 e. The summed E-state index contributed by atoms with van der Waals surface area (Å²) < 4.78 is 18.2. The van der Waals surface area contributed by atoms with Crippen molar-refractivity contribution in [2.45, 2.75) is 58.8 Å². The summed E-state index contributed by atoms with van der Waals surface area (Å²) in [6.07, 6.45) is 4.78. The van der Waals surface area contributed by atoms with Gasteiger partial charge in [-0.25, -0.2) is 4.85 Å². The number of furan rings is 1. The summed E-state index contributed by atoms with van der Waals surface area (Å²) in [7, 11) is 2.09. The molecule has 2 aromatic heterocycles. The molecule has 0 amide bonds. The molecule has 1 saturated carbocycles. The third-order valence-corrected chi connectivity index (χ3v) is 6.87. The van der Waals surface area contributed by atoms with Crippen LogP contribution in [0.5, 0.6) is 0 Å². The Morgan fingerprint density at radius 1 is 1.00 bits per heavy atom. The third-order valence-electron chi connectivity index (χ3n) is 6.87. The van der Waals surface area contributed by atoms with Crippen LogP contribution in [0, 0.1) is 27.3 Å². The fraction of sp³-hybridized carbons (Fsp3) is 0.357. The number of pyridine rings is 1. The fourth-order valence-electron chi connectivity index (χ4n) is 5.18. The topological polar surface area (TPSA) is 21.4 Å². The van der Waals surface area contributed by atoms with Crippen molar-refractivity contribution in [3.05, 3.63) is 70.2 Å². The molecule has 2 aromatic carbocycles. The van der Waals surface area contributed by atoms with Crippen LogP contribution < -0.4 is 4.57 Å². The lowest BCUT2D eigenvalue weighted by Crippen LogP contribution is -2.35. The van der Waals surface area contributed by atoms with Crippen LogP contribution in [0.1, 0.15) is 61.8 Å². The van der Waals surface area contributed by atoms with Gasteiger partial charge in [0.05, 0.1) is 12.1 Å². The van der Waals surface area contributed by atoms with Crippen LogP contribution >= 0.6 is 0 Å². The van der Waals surface area contributed by atoms with E-state index in [-0.39, 0.29) is 0 Å². The van der Waals surface area contributed by atoms with Crippen LogP contribution in [0.2, 0.25) is 0 Å². The van der Waals surface area contributed by atoms with Crippen molar-refractivity contribution in [2.75, 3.05) is 0 Å². The zero-order valence-corrected chi connectivity index (χ0v) is 18.8. The van der Waals surface area contributed by atoms with Crippen LogP contribution in [0.15, 0.2) is 40.8 Å². The first kappa shape index (κ1) is 18.6. The molecule has 3 nitrogen and oxygen atoms in total. The van der Waals surface area contributed by atoms with E-state index >= 15 is 0 Å². The molecule has 2 heterocycles. The van der Waals surface area contributed by atoms with E-state index in [1.165, 1.54) is 11.3 Å². The molecule has 0 atom stereocenters. The van der Waals surface area contributed by atoms with Gasteiger partial charge in [0.1, 0.15) is 18.2 Å². The predicted octanol–water partition coefficient (Wildman–Crippen LogP) is 7.60. The quantitative estimate of drug-likeness (QED) is 0.246. The highest BCUT2D eigenvalue weighted by Crippen LogP contribution is 2.46. The molecule has 1 aliphatic carbocycles. The van der Waals surface area contributed by atoms with E-state index in [0.29, 0.717) is 5.69 Å². The second-order valence-corrected chi connectivity index (χ2v) is 8.97. The summed E-state index contributed by atoms with van der Waals surface area (Å²) in [4.78, 5) is 3.81. The van der Waals surface area contributed by atoms with E-state index in [4.69, 9.17) is 11.0 Å². The summed E-state index contributed by atoms with van der Waals surface area (Å²) in [6.45, 7) is 14.2. The normalized spacial score (nSPS) is 16.4. The molecule has 0 spiro atoms. The standard InChI is InChI=1S/C28H29N2O/c1-17-15-19(3)30(5)24(16-17)25-18(2)11-12-21-22-13-14-23(29-4)26(28(22)31-27(21)25)20-9-7-6-8-10-20/h11-16,20H,6-10H2,1-3,5H3/q+1/i20D. The van der Waals surface area contributed by atoms with Gasteiger partial charge in [0.2, 0.25) is 5.69 Å². The molecule has 156 valence electrons. The van der Waals surface area contributed by atoms with Crippen molar-refractivity contribution < 1.29 is 10.4 Å². The summed E-state index contributed by atoms with van der Waals surface area (Å²) in [5.41, 5.74) is 8.69. The van der Waals surface area contributed by atoms with Crippen LogP contribution in [-0.2, 0) is 7.05 Å². The predicted molar refractivity (Wildman–Crippen MR) is 127 cm³/mol. The number of aryl methyl sites for hydroxylation is 3. The van der Waals surface area contributed by atoms with E-state index < -0.39 is 5.89 Å². The van der Waals surface area contributed by atoms with Crippen molar-refractivity contribution in [1.29, 1.82) is 0 Å². The molecule has 3 heteroatoms. The molecule has 0 radical (unpaired) electrons. The van der Waals surface area contributed by atoms with E-state index in [9.17, 15) is 1.37 Å². The van der Waals surface area contributed by atoms with Gasteiger partial charge in [0.25, 0.3) is 0 Å². The average molecular weight is 411 g/mol. The maximum atomic E-state index is 9.30. The summed E-state index contributed by atoms with van der Waals surface area (Å²) in [5.74, 6) is -0.759. The van der Waals surface area contributed by atoms with Gasteiger partial charge < -0.3 is 4.42 Å². The van der Waals surface area contributed by atoms with Crippen LogP contribution in [0.25, 0.3) is 38.0 Å². The van der Waals surface area contributed by atoms with Gasteiger partial charge in [-0.2, -0.15) is 4.57 Å². The van der Waals surface area contributed by atoms with Gasteiger partial charge in [0.15, 0.2) is 11.4 Å². The summed E-state index contributed by atoms with van der Waals surface area (Å²) in [6, 6.07) is 12.6. The Kier molecular flexibility index (Phi) is 4.53. The molecule has 0 bridgehead atoms. The van der Waals surface area contributed by atoms with Gasteiger partial charge in [-0.1, -0.05) is 43.5 Å². The number of benzene rings is 2. The molecule has 5 rings (SSSR count). The minimum Gasteiger partial charge on any atom is -0.456 e. The number of fused-ring (bicyclic) bond motifs is 3. The van der Waals surface area contributed by atoms with Gasteiger partial charge >= 0.3 is 0 Å². The molecule has 0 N–H and O–H groups in total. The first-order chi connectivity index (χ1) is 15.3. The minimum absolute atomic E-state index is 0.559. The lowest BCUT2D eigenvalue weighted by molar-refractivity contribution is -0.666. The molecule has 1 fully saturated rings. The molecule has 31 heavy (non-hydrogen) atoms. The molecule has 4 aromatic rings. The SMILES string of the molecule is [2H]C1(c2c([N+]#[C-])ccc3c2oc2c(-c4cc(C)cc(C)[n+]4C)c(C)ccc23)CCCCC1. The highest BCUT2D eigenvalue weighted by atomic mass is 16.3. The maximum Gasteiger partial charge on any atom is 0.216 e. The first-order valence-electron chi connectivity index (χ1n) is 11.7. The third kappa shape index (κ3) is 3.13. The molecule has 1 aliphatic rings. The Labute approximate surface area is 185 Å². The Morgan fingerprint density at radius 2 is 1.71 bits per heavy atom. The van der Waals surface area contributed by atoms with Crippen molar-refractivity contribution in [3.8, 4) is 11.3 Å². The van der Waals surface area contributed by atoms with Gasteiger partial charge in [-0.3, -0.25) is 0 Å². The van der Waals surface area contributed by atoms with Gasteiger partial charge in [-0.05, 0) is 43.7 Å². The minimum atomic E-state index is -0.759. The number of hydrogen-bond donors (Lipinski definition) is 0.